The molecule has 0 amide bonds. The van der Waals surface area contributed by atoms with Gasteiger partial charge in [-0.05, 0) is 37.5 Å². The number of nitrogens with zero attached hydrogens (tertiary/aromatic N) is 1. The first-order chi connectivity index (χ1) is 9.65. The van der Waals surface area contributed by atoms with Crippen molar-refractivity contribution in [2.75, 3.05) is 0 Å². The van der Waals surface area contributed by atoms with Gasteiger partial charge in [0.15, 0.2) is 0 Å². The molecule has 2 aromatic rings. The third kappa shape index (κ3) is 2.43. The molecule has 0 aliphatic heterocycles. The summed E-state index contributed by atoms with van der Waals surface area (Å²) in [6.07, 6.45) is 3.72. The average molecular weight is 274 g/mol. The second kappa shape index (κ2) is 5.29. The highest BCUT2D eigenvalue weighted by atomic mass is 19.1. The third-order valence-corrected chi connectivity index (χ3v) is 3.84. The van der Waals surface area contributed by atoms with Gasteiger partial charge in [0.2, 0.25) is 0 Å². The smallest absolute Gasteiger partial charge is 0.130 e. The Morgan fingerprint density at radius 3 is 2.95 bits per heavy atom. The molecule has 104 valence electrons. The second-order valence-electron chi connectivity index (χ2n) is 5.19. The fourth-order valence-electron chi connectivity index (χ4n) is 2.82. The van der Waals surface area contributed by atoms with Gasteiger partial charge < -0.3 is 5.32 Å². The molecule has 1 aliphatic carbocycles. The van der Waals surface area contributed by atoms with E-state index in [-0.39, 0.29) is 12.1 Å². The van der Waals surface area contributed by atoms with Crippen LogP contribution in [-0.2, 0) is 6.42 Å². The Labute approximate surface area is 116 Å². The lowest BCUT2D eigenvalue weighted by atomic mass is 10.1. The number of nitrogens with one attached hydrogen (secondary N) is 1. The van der Waals surface area contributed by atoms with Gasteiger partial charge in [0.05, 0.1) is 11.7 Å². The van der Waals surface area contributed by atoms with Crippen LogP contribution in [0.2, 0.25) is 0 Å². The second-order valence-corrected chi connectivity index (χ2v) is 5.19. The van der Waals surface area contributed by atoms with E-state index in [0.29, 0.717) is 5.56 Å². The van der Waals surface area contributed by atoms with E-state index in [0.717, 1.165) is 24.6 Å². The van der Waals surface area contributed by atoms with Gasteiger partial charge >= 0.3 is 0 Å². The normalized spacial score (nSPS) is 18.9. The van der Waals surface area contributed by atoms with Crippen molar-refractivity contribution in [3.8, 4) is 0 Å². The van der Waals surface area contributed by atoms with Crippen molar-refractivity contribution >= 4 is 0 Å². The van der Waals surface area contributed by atoms with Crippen molar-refractivity contribution in [1.29, 1.82) is 0 Å². The summed E-state index contributed by atoms with van der Waals surface area (Å²) in [6, 6.07) is 7.67. The Morgan fingerprint density at radius 1 is 1.30 bits per heavy atom. The summed E-state index contributed by atoms with van der Waals surface area (Å²) in [6.45, 7) is 1.89. The van der Waals surface area contributed by atoms with E-state index in [1.807, 2.05) is 13.0 Å². The highest BCUT2D eigenvalue weighted by Gasteiger charge is 2.25. The standard InChI is InChI=1S/C16H16F2N2/c1-10(13-6-5-12(17)9-14(13)18)20-15-7-4-11-3-2-8-19-16(11)15/h2-3,5-6,8-10,15,20H,4,7H2,1H3. The van der Waals surface area contributed by atoms with E-state index >= 15 is 0 Å². The topological polar surface area (TPSA) is 24.9 Å². The Bertz CT molecular complexity index is 628. The molecule has 1 aromatic heterocycles. The van der Waals surface area contributed by atoms with E-state index in [2.05, 4.69) is 16.4 Å². The molecule has 3 rings (SSSR count). The van der Waals surface area contributed by atoms with Crippen LogP contribution in [0.1, 0.15) is 42.2 Å². The maximum absolute atomic E-state index is 13.8. The Hall–Kier alpha value is -1.81. The fraction of sp³-hybridized carbons (Fsp3) is 0.312. The van der Waals surface area contributed by atoms with Crippen LogP contribution in [0.3, 0.4) is 0 Å². The van der Waals surface area contributed by atoms with Gasteiger partial charge in [-0.3, -0.25) is 4.98 Å². The molecule has 2 nitrogen and oxygen atoms in total. The van der Waals surface area contributed by atoms with Crippen LogP contribution < -0.4 is 5.32 Å². The zero-order chi connectivity index (χ0) is 14.1. The number of hydrogen-bond donors (Lipinski definition) is 1. The van der Waals surface area contributed by atoms with Gasteiger partial charge in [-0.15, -0.1) is 0 Å². The van der Waals surface area contributed by atoms with Gasteiger partial charge in [0.25, 0.3) is 0 Å². The van der Waals surface area contributed by atoms with E-state index in [1.165, 1.54) is 17.7 Å². The Morgan fingerprint density at radius 2 is 2.15 bits per heavy atom. The molecule has 1 aliphatic rings. The maximum atomic E-state index is 13.8. The molecular weight excluding hydrogens is 258 g/mol. The lowest BCUT2D eigenvalue weighted by Gasteiger charge is -2.20. The van der Waals surface area contributed by atoms with Gasteiger partial charge in [0.1, 0.15) is 11.6 Å². The van der Waals surface area contributed by atoms with Crippen LogP contribution >= 0.6 is 0 Å². The number of halogens is 2. The largest absolute Gasteiger partial charge is 0.302 e. The fourth-order valence-corrected chi connectivity index (χ4v) is 2.82. The first-order valence-corrected chi connectivity index (χ1v) is 6.80. The third-order valence-electron chi connectivity index (χ3n) is 3.84. The predicted molar refractivity (Wildman–Crippen MR) is 73.2 cm³/mol. The molecular formula is C16H16F2N2. The van der Waals surface area contributed by atoms with Gasteiger partial charge in [0, 0.05) is 23.9 Å². The van der Waals surface area contributed by atoms with Gasteiger partial charge in [-0.2, -0.15) is 0 Å². The Kier molecular flexibility index (Phi) is 3.49. The first-order valence-electron chi connectivity index (χ1n) is 6.80. The first kappa shape index (κ1) is 13.2. The molecule has 0 fully saturated rings. The lowest BCUT2D eigenvalue weighted by molar-refractivity contribution is 0.442. The van der Waals surface area contributed by atoms with E-state index in [1.54, 1.807) is 6.20 Å². The minimum Gasteiger partial charge on any atom is -0.302 e. The number of aromatic nitrogens is 1. The molecule has 1 heterocycles. The van der Waals surface area contributed by atoms with Crippen LogP contribution in [-0.4, -0.2) is 4.98 Å². The quantitative estimate of drug-likeness (QED) is 0.923. The predicted octanol–water partition coefficient (Wildman–Crippen LogP) is 3.70. The van der Waals surface area contributed by atoms with Crippen molar-refractivity contribution in [3.63, 3.8) is 0 Å². The van der Waals surface area contributed by atoms with E-state index in [9.17, 15) is 8.78 Å². The molecule has 1 N–H and O–H groups in total. The molecule has 4 heteroatoms. The van der Waals surface area contributed by atoms with Crippen LogP contribution in [0.15, 0.2) is 36.5 Å². The van der Waals surface area contributed by atoms with Crippen molar-refractivity contribution in [2.45, 2.75) is 31.8 Å². The number of rotatable bonds is 3. The van der Waals surface area contributed by atoms with Crippen LogP contribution in [0.4, 0.5) is 8.78 Å². The summed E-state index contributed by atoms with van der Waals surface area (Å²) in [5.74, 6) is -1.06. The van der Waals surface area contributed by atoms with Crippen molar-refractivity contribution < 1.29 is 8.78 Å². The lowest BCUT2D eigenvalue weighted by Crippen LogP contribution is -2.24. The molecule has 2 atom stereocenters. The van der Waals surface area contributed by atoms with Gasteiger partial charge in [-0.25, -0.2) is 8.78 Å². The minimum absolute atomic E-state index is 0.130. The number of aryl methyl sites for hydroxylation is 1. The van der Waals surface area contributed by atoms with E-state index < -0.39 is 11.6 Å². The molecule has 20 heavy (non-hydrogen) atoms. The molecule has 0 spiro atoms. The highest BCUT2D eigenvalue weighted by Crippen LogP contribution is 2.31. The monoisotopic (exact) mass is 274 g/mol. The van der Waals surface area contributed by atoms with Crippen LogP contribution in [0.5, 0.6) is 0 Å². The average Bonchev–Trinajstić information content (AvgIpc) is 2.82. The minimum atomic E-state index is -0.550. The molecule has 0 radical (unpaired) electrons. The van der Waals surface area contributed by atoms with Gasteiger partial charge in [-0.1, -0.05) is 12.1 Å². The molecule has 0 bridgehead atoms. The summed E-state index contributed by atoms with van der Waals surface area (Å²) < 4.78 is 26.7. The van der Waals surface area contributed by atoms with Crippen LogP contribution in [0.25, 0.3) is 0 Å². The van der Waals surface area contributed by atoms with Crippen molar-refractivity contribution in [2.24, 2.45) is 0 Å². The number of fused-ring (bicyclic) bond motifs is 1. The summed E-state index contributed by atoms with van der Waals surface area (Å²) in [5.41, 5.74) is 2.77. The molecule has 0 saturated carbocycles. The molecule has 1 aromatic carbocycles. The zero-order valence-electron chi connectivity index (χ0n) is 11.2. The zero-order valence-corrected chi connectivity index (χ0v) is 11.2. The molecule has 0 saturated heterocycles. The Balaban J connectivity index is 1.79. The SMILES string of the molecule is CC(NC1CCc2cccnc21)c1ccc(F)cc1F. The van der Waals surface area contributed by atoms with Crippen molar-refractivity contribution in [1.82, 2.24) is 10.3 Å². The molecule has 2 unspecified atom stereocenters. The summed E-state index contributed by atoms with van der Waals surface area (Å²) in [5, 5.41) is 3.39. The van der Waals surface area contributed by atoms with Crippen LogP contribution in [0, 0.1) is 11.6 Å². The summed E-state index contributed by atoms with van der Waals surface area (Å²) in [4.78, 5) is 4.41. The highest BCUT2D eigenvalue weighted by molar-refractivity contribution is 5.29. The summed E-state index contributed by atoms with van der Waals surface area (Å²) in [7, 11) is 0. The van der Waals surface area contributed by atoms with Crippen molar-refractivity contribution in [3.05, 3.63) is 65.0 Å². The number of pyridine rings is 1. The number of hydrogen-bond acceptors (Lipinski definition) is 2. The number of benzene rings is 1. The van der Waals surface area contributed by atoms with E-state index in [4.69, 9.17) is 0 Å². The maximum Gasteiger partial charge on any atom is 0.130 e. The summed E-state index contributed by atoms with van der Waals surface area (Å²) >= 11 is 0.